The summed E-state index contributed by atoms with van der Waals surface area (Å²) in [5, 5.41) is 1.34. The van der Waals surface area contributed by atoms with Gasteiger partial charge in [-0.1, -0.05) is 17.7 Å². The first kappa shape index (κ1) is 19.9. The number of aromatic nitrogens is 2. The number of carbonyl (C=O) groups excluding carboxylic acids is 1. The molecule has 2 aromatic heterocycles. The number of amides is 1. The zero-order valence-corrected chi connectivity index (χ0v) is 18.3. The molecule has 0 bridgehead atoms. The second-order valence-electron chi connectivity index (χ2n) is 7.49. The molecule has 152 valence electrons. The molecule has 0 unspecified atom stereocenters. The van der Waals surface area contributed by atoms with Crippen LogP contribution in [-0.2, 0) is 11.3 Å². The van der Waals surface area contributed by atoms with Crippen molar-refractivity contribution in [3.05, 3.63) is 56.5 Å². The van der Waals surface area contributed by atoms with Gasteiger partial charge in [-0.15, -0.1) is 0 Å². The van der Waals surface area contributed by atoms with Gasteiger partial charge in [0.2, 0.25) is 5.91 Å². The molecule has 4 rings (SSSR count). The molecule has 0 spiro atoms. The summed E-state index contributed by atoms with van der Waals surface area (Å²) in [6.45, 7) is 8.69. The van der Waals surface area contributed by atoms with Crippen molar-refractivity contribution in [3.63, 3.8) is 0 Å². The van der Waals surface area contributed by atoms with Gasteiger partial charge >= 0.3 is 0 Å². The van der Waals surface area contributed by atoms with Crippen LogP contribution in [0.1, 0.15) is 16.8 Å². The summed E-state index contributed by atoms with van der Waals surface area (Å²) in [6, 6.07) is 7.78. The number of pyridine rings is 1. The molecule has 1 aliphatic heterocycles. The van der Waals surface area contributed by atoms with Gasteiger partial charge < -0.3 is 9.80 Å². The second kappa shape index (κ2) is 7.80. The number of rotatable bonds is 3. The third kappa shape index (κ3) is 3.89. The highest BCUT2D eigenvalue weighted by atomic mass is 35.5. The van der Waals surface area contributed by atoms with E-state index in [1.54, 1.807) is 0 Å². The maximum atomic E-state index is 12.8. The normalized spacial score (nSPS) is 14.6. The number of benzene rings is 1. The molecule has 1 saturated heterocycles. The highest BCUT2D eigenvalue weighted by molar-refractivity contribution is 7.13. The van der Waals surface area contributed by atoms with Gasteiger partial charge in [-0.25, -0.2) is 4.98 Å². The third-order valence-electron chi connectivity index (χ3n) is 5.37. The maximum absolute atomic E-state index is 12.8. The molecule has 0 radical (unpaired) electrons. The van der Waals surface area contributed by atoms with E-state index in [1.807, 2.05) is 43.0 Å². The van der Waals surface area contributed by atoms with Crippen LogP contribution in [0.25, 0.3) is 10.2 Å². The minimum atomic E-state index is -0.128. The Bertz CT molecular complexity index is 1150. The molecule has 0 aliphatic carbocycles. The Morgan fingerprint density at radius 3 is 2.55 bits per heavy atom. The number of fused-ring (bicyclic) bond motifs is 1. The summed E-state index contributed by atoms with van der Waals surface area (Å²) in [7, 11) is 0. The summed E-state index contributed by atoms with van der Waals surface area (Å²) >= 11 is 7.41. The molecular weight excluding hydrogens is 408 g/mol. The number of nitrogens with zero attached hydrogens (tertiary/aromatic N) is 4. The van der Waals surface area contributed by atoms with E-state index in [0.717, 1.165) is 30.0 Å². The van der Waals surface area contributed by atoms with Crippen molar-refractivity contribution < 1.29 is 4.79 Å². The van der Waals surface area contributed by atoms with Crippen molar-refractivity contribution in [2.45, 2.75) is 27.3 Å². The number of halogens is 1. The number of aryl methyl sites for hydroxylation is 3. The molecule has 3 aromatic rings. The number of hydrogen-bond acceptors (Lipinski definition) is 5. The summed E-state index contributed by atoms with van der Waals surface area (Å²) in [4.78, 5) is 34.8. The Balaban J connectivity index is 1.46. The lowest BCUT2D eigenvalue weighted by Gasteiger charge is -2.36. The van der Waals surface area contributed by atoms with E-state index >= 15 is 0 Å². The van der Waals surface area contributed by atoms with E-state index in [-0.39, 0.29) is 18.0 Å². The monoisotopic (exact) mass is 430 g/mol. The third-order valence-corrected chi connectivity index (χ3v) is 6.59. The molecule has 1 amide bonds. The number of carbonyl (C=O) groups is 1. The summed E-state index contributed by atoms with van der Waals surface area (Å²) in [6.07, 6.45) is 0. The fraction of sp³-hybridized carbons (Fsp3) is 0.381. The zero-order chi connectivity index (χ0) is 20.7. The van der Waals surface area contributed by atoms with Crippen LogP contribution >= 0.6 is 23.1 Å². The van der Waals surface area contributed by atoms with Crippen LogP contribution in [0.15, 0.2) is 29.1 Å². The minimum absolute atomic E-state index is 0.0319. The summed E-state index contributed by atoms with van der Waals surface area (Å²) in [5.41, 5.74) is 3.94. The van der Waals surface area contributed by atoms with Crippen LogP contribution in [0.4, 0.5) is 5.69 Å². The van der Waals surface area contributed by atoms with E-state index in [4.69, 9.17) is 11.6 Å². The van der Waals surface area contributed by atoms with Gasteiger partial charge in [0, 0.05) is 42.6 Å². The van der Waals surface area contributed by atoms with Crippen LogP contribution in [0.3, 0.4) is 0 Å². The molecule has 8 heteroatoms. The maximum Gasteiger partial charge on any atom is 0.270 e. The molecule has 29 heavy (non-hydrogen) atoms. The zero-order valence-electron chi connectivity index (χ0n) is 16.7. The van der Waals surface area contributed by atoms with Crippen LogP contribution in [0.2, 0.25) is 5.02 Å². The molecule has 6 nitrogen and oxygen atoms in total. The standard InChI is InChI=1S/C21H23ClN4O2S/c1-13-4-5-16(22)11-17(13)24-6-8-25(9-7-24)18(27)12-26-21(28)19-14(2)10-15(3)23-20(19)29-26/h4-5,10-11H,6-9,12H2,1-3H3. The molecule has 0 atom stereocenters. The molecule has 0 saturated carbocycles. The fourth-order valence-corrected chi connectivity index (χ4v) is 5.09. The fourth-order valence-electron chi connectivity index (χ4n) is 3.85. The van der Waals surface area contributed by atoms with Crippen molar-refractivity contribution in [1.82, 2.24) is 13.8 Å². The van der Waals surface area contributed by atoms with E-state index in [2.05, 4.69) is 16.8 Å². The topological polar surface area (TPSA) is 58.4 Å². The van der Waals surface area contributed by atoms with Gasteiger partial charge in [0.15, 0.2) is 0 Å². The van der Waals surface area contributed by atoms with E-state index in [1.165, 1.54) is 21.1 Å². The van der Waals surface area contributed by atoms with Gasteiger partial charge in [-0.05, 0) is 61.6 Å². The summed E-state index contributed by atoms with van der Waals surface area (Å²) < 4.78 is 1.53. The van der Waals surface area contributed by atoms with Crippen LogP contribution < -0.4 is 10.5 Å². The molecule has 1 fully saturated rings. The lowest BCUT2D eigenvalue weighted by Crippen LogP contribution is -2.50. The lowest BCUT2D eigenvalue weighted by atomic mass is 10.1. The average Bonchev–Trinajstić information content (AvgIpc) is 2.99. The first-order valence-corrected chi connectivity index (χ1v) is 10.8. The Morgan fingerprint density at radius 1 is 1.10 bits per heavy atom. The molecule has 3 heterocycles. The van der Waals surface area contributed by atoms with Crippen LogP contribution in [0, 0.1) is 20.8 Å². The smallest absolute Gasteiger partial charge is 0.270 e. The Morgan fingerprint density at radius 2 is 1.83 bits per heavy atom. The first-order chi connectivity index (χ1) is 13.8. The number of hydrogen-bond donors (Lipinski definition) is 0. The minimum Gasteiger partial charge on any atom is -0.368 e. The van der Waals surface area contributed by atoms with Crippen molar-refractivity contribution in [2.24, 2.45) is 0 Å². The first-order valence-electron chi connectivity index (χ1n) is 9.60. The lowest BCUT2D eigenvalue weighted by molar-refractivity contribution is -0.132. The molecule has 1 aromatic carbocycles. The Labute approximate surface area is 178 Å². The Hall–Kier alpha value is -2.38. The predicted octanol–water partition coefficient (Wildman–Crippen LogP) is 3.39. The molecular formula is C21H23ClN4O2S. The van der Waals surface area contributed by atoms with Gasteiger partial charge in [0.1, 0.15) is 11.4 Å². The summed E-state index contributed by atoms with van der Waals surface area (Å²) in [5.74, 6) is -0.0319. The van der Waals surface area contributed by atoms with Gasteiger partial charge in [0.25, 0.3) is 5.56 Å². The van der Waals surface area contributed by atoms with Crippen LogP contribution in [-0.4, -0.2) is 45.9 Å². The average molecular weight is 431 g/mol. The van der Waals surface area contributed by atoms with Gasteiger partial charge in [0.05, 0.1) is 5.39 Å². The van der Waals surface area contributed by atoms with Crippen molar-refractivity contribution >= 4 is 44.9 Å². The highest BCUT2D eigenvalue weighted by Gasteiger charge is 2.24. The highest BCUT2D eigenvalue weighted by Crippen LogP contribution is 2.25. The van der Waals surface area contributed by atoms with E-state index in [0.29, 0.717) is 28.3 Å². The van der Waals surface area contributed by atoms with Crippen molar-refractivity contribution in [3.8, 4) is 0 Å². The van der Waals surface area contributed by atoms with Crippen molar-refractivity contribution in [2.75, 3.05) is 31.1 Å². The quantitative estimate of drug-likeness (QED) is 0.639. The number of anilines is 1. The van der Waals surface area contributed by atoms with Crippen LogP contribution in [0.5, 0.6) is 0 Å². The SMILES string of the molecule is Cc1cc(C)c2c(=O)n(CC(=O)N3CCN(c4cc(Cl)ccc4C)CC3)sc2n1. The van der Waals surface area contributed by atoms with Gasteiger partial charge in [-0.3, -0.25) is 13.5 Å². The van der Waals surface area contributed by atoms with E-state index < -0.39 is 0 Å². The largest absolute Gasteiger partial charge is 0.368 e. The van der Waals surface area contributed by atoms with Crippen molar-refractivity contribution in [1.29, 1.82) is 0 Å². The second-order valence-corrected chi connectivity index (χ2v) is 8.94. The van der Waals surface area contributed by atoms with E-state index in [9.17, 15) is 9.59 Å². The Kier molecular flexibility index (Phi) is 5.36. The molecule has 0 N–H and O–H groups in total. The van der Waals surface area contributed by atoms with Gasteiger partial charge in [-0.2, -0.15) is 0 Å². The number of piperazine rings is 1. The predicted molar refractivity (Wildman–Crippen MR) is 118 cm³/mol. The molecule has 1 aliphatic rings.